The first kappa shape index (κ1) is 13.5. The molecular formula is C12H19N3O2S. The van der Waals surface area contributed by atoms with E-state index < -0.39 is 5.97 Å². The number of likely N-dealkylation sites (N-methyl/N-ethyl adjacent to an activating group) is 1. The number of thiazole rings is 1. The van der Waals surface area contributed by atoms with Crippen LogP contribution in [0.2, 0.25) is 0 Å². The normalized spacial score (nSPS) is 17.1. The van der Waals surface area contributed by atoms with E-state index in [9.17, 15) is 4.79 Å². The molecule has 1 aromatic heterocycles. The van der Waals surface area contributed by atoms with Gasteiger partial charge in [0.05, 0.1) is 5.69 Å². The number of nitrogens with one attached hydrogen (secondary N) is 1. The predicted octanol–water partition coefficient (Wildman–Crippen LogP) is 1.41. The van der Waals surface area contributed by atoms with Crippen LogP contribution in [0.1, 0.15) is 35.3 Å². The Labute approximate surface area is 111 Å². The molecule has 1 aliphatic rings. The van der Waals surface area contributed by atoms with Crippen LogP contribution in [0.15, 0.2) is 5.38 Å². The van der Waals surface area contributed by atoms with E-state index in [1.807, 2.05) is 0 Å². The molecule has 1 unspecified atom stereocenters. The molecule has 0 aliphatic heterocycles. The Kier molecular flexibility index (Phi) is 4.31. The van der Waals surface area contributed by atoms with Gasteiger partial charge in [-0.25, -0.2) is 9.78 Å². The summed E-state index contributed by atoms with van der Waals surface area (Å²) in [5, 5.41) is 14.1. The summed E-state index contributed by atoms with van der Waals surface area (Å²) in [5.41, 5.74) is 0.804. The molecule has 1 heterocycles. The van der Waals surface area contributed by atoms with Crippen molar-refractivity contribution in [3.05, 3.63) is 16.1 Å². The summed E-state index contributed by atoms with van der Waals surface area (Å²) in [6.45, 7) is 3.73. The minimum atomic E-state index is -0.951. The number of hydrogen-bond acceptors (Lipinski definition) is 5. The fourth-order valence-electron chi connectivity index (χ4n) is 1.88. The van der Waals surface area contributed by atoms with Crippen molar-refractivity contribution >= 4 is 17.3 Å². The highest BCUT2D eigenvalue weighted by Crippen LogP contribution is 2.26. The Bertz CT molecular complexity index is 417. The SMILES string of the molecule is CC(CNCc1csc(C(=O)O)n1)N(C)C1CC1. The smallest absolute Gasteiger partial charge is 0.365 e. The van der Waals surface area contributed by atoms with Gasteiger partial charge in [-0.1, -0.05) is 0 Å². The van der Waals surface area contributed by atoms with Gasteiger partial charge in [0, 0.05) is 30.6 Å². The molecule has 1 saturated carbocycles. The standard InChI is InChI=1S/C12H19N3O2S/c1-8(15(2)10-3-4-10)5-13-6-9-7-18-11(14-9)12(16)17/h7-8,10,13H,3-6H2,1-2H3,(H,16,17). The van der Waals surface area contributed by atoms with E-state index in [4.69, 9.17) is 5.11 Å². The van der Waals surface area contributed by atoms with E-state index in [2.05, 4.69) is 29.2 Å². The van der Waals surface area contributed by atoms with Crippen LogP contribution in [0.4, 0.5) is 0 Å². The number of carboxylic acid groups (broad SMARTS) is 1. The Morgan fingerprint density at radius 1 is 1.72 bits per heavy atom. The van der Waals surface area contributed by atoms with Crippen LogP contribution in [0.3, 0.4) is 0 Å². The zero-order chi connectivity index (χ0) is 13.1. The lowest BCUT2D eigenvalue weighted by Crippen LogP contribution is -2.38. The number of rotatable bonds is 7. The second kappa shape index (κ2) is 5.77. The van der Waals surface area contributed by atoms with E-state index in [0.717, 1.165) is 18.3 Å². The lowest BCUT2D eigenvalue weighted by atomic mass is 10.3. The van der Waals surface area contributed by atoms with Gasteiger partial charge in [-0.2, -0.15) is 0 Å². The van der Waals surface area contributed by atoms with Crippen LogP contribution < -0.4 is 5.32 Å². The molecule has 1 fully saturated rings. The third-order valence-electron chi connectivity index (χ3n) is 3.30. The molecule has 0 spiro atoms. The van der Waals surface area contributed by atoms with Gasteiger partial charge < -0.3 is 10.4 Å². The second-order valence-electron chi connectivity index (χ2n) is 4.83. The Balaban J connectivity index is 1.72. The predicted molar refractivity (Wildman–Crippen MR) is 71.0 cm³/mol. The summed E-state index contributed by atoms with van der Waals surface area (Å²) in [4.78, 5) is 17.1. The van der Waals surface area contributed by atoms with Crippen molar-refractivity contribution in [1.82, 2.24) is 15.2 Å². The van der Waals surface area contributed by atoms with Crippen molar-refractivity contribution in [2.24, 2.45) is 0 Å². The fourth-order valence-corrected chi connectivity index (χ4v) is 2.54. The molecule has 0 radical (unpaired) electrons. The summed E-state index contributed by atoms with van der Waals surface area (Å²) >= 11 is 1.18. The Morgan fingerprint density at radius 2 is 2.44 bits per heavy atom. The molecule has 1 aliphatic carbocycles. The Hall–Kier alpha value is -0.980. The fraction of sp³-hybridized carbons (Fsp3) is 0.667. The van der Waals surface area contributed by atoms with Gasteiger partial charge in [0.1, 0.15) is 0 Å². The molecule has 6 heteroatoms. The molecule has 5 nitrogen and oxygen atoms in total. The first-order valence-electron chi connectivity index (χ1n) is 6.18. The summed E-state index contributed by atoms with van der Waals surface area (Å²) in [6.07, 6.45) is 2.63. The number of aromatic carboxylic acids is 1. The molecule has 0 aromatic carbocycles. The van der Waals surface area contributed by atoms with Crippen molar-refractivity contribution in [2.75, 3.05) is 13.6 Å². The van der Waals surface area contributed by atoms with Crippen LogP contribution in [-0.4, -0.2) is 46.6 Å². The first-order valence-corrected chi connectivity index (χ1v) is 7.06. The number of carbonyl (C=O) groups is 1. The van der Waals surface area contributed by atoms with Gasteiger partial charge in [-0.15, -0.1) is 11.3 Å². The van der Waals surface area contributed by atoms with Crippen molar-refractivity contribution in [1.29, 1.82) is 0 Å². The molecular weight excluding hydrogens is 250 g/mol. The molecule has 2 N–H and O–H groups in total. The molecule has 0 amide bonds. The highest BCUT2D eigenvalue weighted by molar-refractivity contribution is 7.11. The van der Waals surface area contributed by atoms with Gasteiger partial charge in [-0.3, -0.25) is 4.90 Å². The summed E-state index contributed by atoms with van der Waals surface area (Å²) in [5.74, 6) is -0.951. The highest BCUT2D eigenvalue weighted by atomic mass is 32.1. The molecule has 1 aromatic rings. The maximum atomic E-state index is 10.7. The first-order chi connectivity index (χ1) is 8.58. The molecule has 18 heavy (non-hydrogen) atoms. The van der Waals surface area contributed by atoms with Gasteiger partial charge >= 0.3 is 5.97 Å². The van der Waals surface area contributed by atoms with Crippen LogP contribution >= 0.6 is 11.3 Å². The highest BCUT2D eigenvalue weighted by Gasteiger charge is 2.28. The van der Waals surface area contributed by atoms with Crippen LogP contribution in [0.25, 0.3) is 0 Å². The maximum Gasteiger partial charge on any atom is 0.365 e. The lowest BCUT2D eigenvalue weighted by molar-refractivity contribution is 0.0696. The maximum absolute atomic E-state index is 10.7. The summed E-state index contributed by atoms with van der Waals surface area (Å²) in [6, 6.07) is 1.26. The minimum Gasteiger partial charge on any atom is -0.476 e. The van der Waals surface area contributed by atoms with E-state index in [0.29, 0.717) is 12.6 Å². The topological polar surface area (TPSA) is 65.5 Å². The van der Waals surface area contributed by atoms with E-state index >= 15 is 0 Å². The zero-order valence-corrected chi connectivity index (χ0v) is 11.5. The average molecular weight is 269 g/mol. The third kappa shape index (κ3) is 3.51. The van der Waals surface area contributed by atoms with Crippen molar-refractivity contribution in [3.8, 4) is 0 Å². The minimum absolute atomic E-state index is 0.162. The van der Waals surface area contributed by atoms with Crippen LogP contribution in [-0.2, 0) is 6.54 Å². The number of hydrogen-bond donors (Lipinski definition) is 2. The Morgan fingerprint density at radius 3 is 3.00 bits per heavy atom. The van der Waals surface area contributed by atoms with Gasteiger partial charge in [0.15, 0.2) is 0 Å². The monoisotopic (exact) mass is 269 g/mol. The van der Waals surface area contributed by atoms with Crippen molar-refractivity contribution in [3.63, 3.8) is 0 Å². The van der Waals surface area contributed by atoms with Crippen LogP contribution in [0.5, 0.6) is 0 Å². The molecule has 1 atom stereocenters. The van der Waals surface area contributed by atoms with Crippen molar-refractivity contribution < 1.29 is 9.90 Å². The van der Waals surface area contributed by atoms with E-state index in [1.54, 1.807) is 5.38 Å². The molecule has 0 bridgehead atoms. The van der Waals surface area contributed by atoms with Crippen LogP contribution in [0, 0.1) is 0 Å². The summed E-state index contributed by atoms with van der Waals surface area (Å²) in [7, 11) is 2.16. The quantitative estimate of drug-likeness (QED) is 0.783. The van der Waals surface area contributed by atoms with Gasteiger partial charge in [0.2, 0.25) is 5.01 Å². The van der Waals surface area contributed by atoms with Gasteiger partial charge in [0.25, 0.3) is 0 Å². The summed E-state index contributed by atoms with van der Waals surface area (Å²) < 4.78 is 0. The third-order valence-corrected chi connectivity index (χ3v) is 4.18. The van der Waals surface area contributed by atoms with Gasteiger partial charge in [-0.05, 0) is 26.8 Å². The second-order valence-corrected chi connectivity index (χ2v) is 5.68. The zero-order valence-electron chi connectivity index (χ0n) is 10.7. The molecule has 2 rings (SSSR count). The van der Waals surface area contributed by atoms with E-state index in [-0.39, 0.29) is 5.01 Å². The largest absolute Gasteiger partial charge is 0.476 e. The number of carboxylic acids is 1. The number of nitrogens with zero attached hydrogens (tertiary/aromatic N) is 2. The lowest BCUT2D eigenvalue weighted by Gasteiger charge is -2.24. The average Bonchev–Trinajstić information content (AvgIpc) is 3.07. The molecule has 100 valence electrons. The van der Waals surface area contributed by atoms with E-state index in [1.165, 1.54) is 24.2 Å². The van der Waals surface area contributed by atoms with Crippen molar-refractivity contribution in [2.45, 2.75) is 38.4 Å². The molecule has 0 saturated heterocycles. The number of aromatic nitrogens is 1.